The maximum Gasteiger partial charge on any atom is 0.336 e. The van der Waals surface area contributed by atoms with Gasteiger partial charge in [0.15, 0.2) is 0 Å². The molecule has 0 radical (unpaired) electrons. The predicted octanol–water partition coefficient (Wildman–Crippen LogP) is 3.39. The average Bonchev–Trinajstić information content (AvgIpc) is 2.71. The second-order valence-corrected chi connectivity index (χ2v) is 7.34. The number of esters is 1. The molecule has 0 unspecified atom stereocenters. The highest BCUT2D eigenvalue weighted by Crippen LogP contribution is 2.42. The molecule has 4 aromatic rings. The van der Waals surface area contributed by atoms with E-state index in [1.165, 1.54) is 6.07 Å². The van der Waals surface area contributed by atoms with Crippen LogP contribution in [-0.2, 0) is 4.79 Å². The molecule has 7 heteroatoms. The van der Waals surface area contributed by atoms with Gasteiger partial charge in [0.2, 0.25) is 0 Å². The Morgan fingerprint density at radius 2 is 1.90 bits per heavy atom. The van der Waals surface area contributed by atoms with Gasteiger partial charge in [0.1, 0.15) is 17.1 Å². The second kappa shape index (κ2) is 6.59. The van der Waals surface area contributed by atoms with E-state index in [4.69, 9.17) is 13.9 Å². The first-order valence-electron chi connectivity index (χ1n) is 9.43. The van der Waals surface area contributed by atoms with Crippen molar-refractivity contribution in [3.05, 3.63) is 79.9 Å². The number of pyridine rings is 1. The fraction of sp³-hybridized carbons (Fsp3) is 0.174. The minimum absolute atomic E-state index is 0.0332. The Balaban J connectivity index is 1.80. The van der Waals surface area contributed by atoms with Crippen molar-refractivity contribution >= 4 is 27.8 Å². The summed E-state index contributed by atoms with van der Waals surface area (Å²) in [6.07, 6.45) is -0.0332. The monoisotopic (exact) mass is 403 g/mol. The van der Waals surface area contributed by atoms with Crippen LogP contribution < -0.4 is 20.7 Å². The van der Waals surface area contributed by atoms with Crippen LogP contribution in [0, 0.1) is 6.92 Å². The fourth-order valence-corrected chi connectivity index (χ4v) is 4.09. The summed E-state index contributed by atoms with van der Waals surface area (Å²) < 4.78 is 16.1. The summed E-state index contributed by atoms with van der Waals surface area (Å²) in [6, 6.07) is 12.0. The number of H-pyrrole nitrogens is 1. The van der Waals surface area contributed by atoms with Crippen LogP contribution in [0.25, 0.3) is 21.9 Å². The van der Waals surface area contributed by atoms with Gasteiger partial charge in [-0.1, -0.05) is 0 Å². The van der Waals surface area contributed by atoms with E-state index in [0.717, 1.165) is 16.3 Å². The zero-order chi connectivity index (χ0) is 21.0. The smallest absolute Gasteiger partial charge is 0.336 e. The Morgan fingerprint density at radius 3 is 2.70 bits per heavy atom. The van der Waals surface area contributed by atoms with Crippen molar-refractivity contribution in [2.24, 2.45) is 0 Å². The molecule has 0 fully saturated rings. The molecule has 2 aromatic heterocycles. The number of methoxy groups -OCH3 is 1. The minimum Gasteiger partial charge on any atom is -0.497 e. The zero-order valence-electron chi connectivity index (χ0n) is 16.3. The van der Waals surface area contributed by atoms with Crippen LogP contribution in [0.3, 0.4) is 0 Å². The summed E-state index contributed by atoms with van der Waals surface area (Å²) in [6.45, 7) is 1.81. The lowest BCUT2D eigenvalue weighted by molar-refractivity contribution is -0.135. The zero-order valence-corrected chi connectivity index (χ0v) is 16.3. The Kier molecular flexibility index (Phi) is 3.99. The fourth-order valence-electron chi connectivity index (χ4n) is 4.09. The average molecular weight is 403 g/mol. The van der Waals surface area contributed by atoms with E-state index in [-0.39, 0.29) is 12.0 Å². The van der Waals surface area contributed by atoms with Crippen LogP contribution in [0.5, 0.6) is 11.5 Å². The van der Waals surface area contributed by atoms with Crippen LogP contribution in [0.15, 0.2) is 56.5 Å². The number of aryl methyl sites for hydroxylation is 1. The number of hydrogen-bond acceptors (Lipinski definition) is 6. The molecular formula is C23H17NO6. The van der Waals surface area contributed by atoms with E-state index in [9.17, 15) is 14.4 Å². The van der Waals surface area contributed by atoms with E-state index < -0.39 is 17.5 Å². The van der Waals surface area contributed by atoms with E-state index in [1.807, 2.05) is 13.0 Å². The molecule has 30 heavy (non-hydrogen) atoms. The lowest BCUT2D eigenvalue weighted by Crippen LogP contribution is -2.26. The highest BCUT2D eigenvalue weighted by atomic mass is 16.5. The Labute approximate surface area is 169 Å². The summed E-state index contributed by atoms with van der Waals surface area (Å²) in [7, 11) is 1.55. The summed E-state index contributed by atoms with van der Waals surface area (Å²) in [5.74, 6) is -0.131. The summed E-state index contributed by atoms with van der Waals surface area (Å²) in [5, 5.41) is 1.53. The maximum absolute atomic E-state index is 13.0. The lowest BCUT2D eigenvalue weighted by atomic mass is 9.85. The summed E-state index contributed by atoms with van der Waals surface area (Å²) >= 11 is 0. The van der Waals surface area contributed by atoms with Gasteiger partial charge >= 0.3 is 11.6 Å². The van der Waals surface area contributed by atoms with Gasteiger partial charge in [0, 0.05) is 34.6 Å². The van der Waals surface area contributed by atoms with Crippen LogP contribution in [0.1, 0.15) is 29.0 Å². The third-order valence-corrected chi connectivity index (χ3v) is 5.52. The molecule has 7 nitrogen and oxygen atoms in total. The molecule has 0 bridgehead atoms. The first kappa shape index (κ1) is 18.2. The Hall–Kier alpha value is -3.87. The number of benzene rings is 2. The molecule has 1 N–H and O–H groups in total. The second-order valence-electron chi connectivity index (χ2n) is 7.34. The number of carbonyl (C=O) groups excluding carboxylic acids is 1. The number of rotatable bonds is 2. The van der Waals surface area contributed by atoms with Crippen molar-refractivity contribution in [2.45, 2.75) is 19.3 Å². The predicted molar refractivity (Wildman–Crippen MR) is 110 cm³/mol. The number of carbonyl (C=O) groups is 1. The molecule has 1 aliphatic rings. The van der Waals surface area contributed by atoms with Gasteiger partial charge in [-0.2, -0.15) is 0 Å². The third-order valence-electron chi connectivity index (χ3n) is 5.52. The number of hydrogen-bond donors (Lipinski definition) is 1. The van der Waals surface area contributed by atoms with Gasteiger partial charge < -0.3 is 18.9 Å². The van der Waals surface area contributed by atoms with Gasteiger partial charge in [-0.25, -0.2) is 4.79 Å². The van der Waals surface area contributed by atoms with Crippen LogP contribution in [-0.4, -0.2) is 18.1 Å². The normalized spacial score (nSPS) is 15.8. The first-order chi connectivity index (χ1) is 14.4. The van der Waals surface area contributed by atoms with Gasteiger partial charge in [-0.3, -0.25) is 9.59 Å². The van der Waals surface area contributed by atoms with E-state index in [0.29, 0.717) is 33.7 Å². The number of ether oxygens (including phenoxy) is 2. The molecule has 0 saturated carbocycles. The number of nitrogens with one attached hydrogen (secondary N) is 1. The SMILES string of the molecule is COc1ccc2cc([C@@H]3CC(=O)Oc4ccc5c(C)cc(=O)oc5c43)c(=O)[nH]c2c1. The highest BCUT2D eigenvalue weighted by Gasteiger charge is 2.33. The van der Waals surface area contributed by atoms with Gasteiger partial charge in [0.05, 0.1) is 19.0 Å². The molecule has 2 aromatic carbocycles. The van der Waals surface area contributed by atoms with Crippen molar-refractivity contribution in [1.82, 2.24) is 4.98 Å². The number of aromatic nitrogens is 1. The van der Waals surface area contributed by atoms with E-state index >= 15 is 0 Å². The van der Waals surface area contributed by atoms with Crippen molar-refractivity contribution < 1.29 is 18.7 Å². The largest absolute Gasteiger partial charge is 0.497 e. The topological polar surface area (TPSA) is 98.6 Å². The number of aromatic amines is 1. The van der Waals surface area contributed by atoms with Crippen molar-refractivity contribution in [1.29, 1.82) is 0 Å². The van der Waals surface area contributed by atoms with Gasteiger partial charge in [-0.15, -0.1) is 0 Å². The quantitative estimate of drug-likeness (QED) is 0.313. The van der Waals surface area contributed by atoms with Crippen molar-refractivity contribution in [3.63, 3.8) is 0 Å². The summed E-state index contributed by atoms with van der Waals surface area (Å²) in [4.78, 5) is 40.2. The third kappa shape index (κ3) is 2.78. The molecule has 3 heterocycles. The molecule has 150 valence electrons. The standard InChI is InChI=1S/C23H17NO6/c1-11-7-19(25)30-22-14(11)5-6-18-21(22)15(10-20(26)29-18)16-8-12-3-4-13(28-2)9-17(12)24-23(16)27/h3-9,15H,10H2,1-2H3,(H,24,27)/t15-/m0/s1. The van der Waals surface area contributed by atoms with Crippen molar-refractivity contribution in [3.8, 4) is 11.5 Å². The van der Waals surface area contributed by atoms with Gasteiger partial charge in [-0.05, 0) is 48.2 Å². The van der Waals surface area contributed by atoms with E-state index in [2.05, 4.69) is 4.98 Å². The molecule has 0 saturated heterocycles. The lowest BCUT2D eigenvalue weighted by Gasteiger charge is -2.25. The maximum atomic E-state index is 13.0. The molecule has 1 aliphatic heterocycles. The van der Waals surface area contributed by atoms with Crippen molar-refractivity contribution in [2.75, 3.05) is 7.11 Å². The van der Waals surface area contributed by atoms with Crippen LogP contribution in [0.4, 0.5) is 0 Å². The molecule has 0 spiro atoms. The first-order valence-corrected chi connectivity index (χ1v) is 9.43. The molecule has 1 atom stereocenters. The van der Waals surface area contributed by atoms with Gasteiger partial charge in [0.25, 0.3) is 5.56 Å². The van der Waals surface area contributed by atoms with Crippen LogP contribution >= 0.6 is 0 Å². The highest BCUT2D eigenvalue weighted by molar-refractivity contribution is 5.90. The number of fused-ring (bicyclic) bond motifs is 4. The Bertz CT molecular complexity index is 1460. The molecule has 0 amide bonds. The molecular weight excluding hydrogens is 386 g/mol. The minimum atomic E-state index is -0.606. The van der Waals surface area contributed by atoms with Crippen LogP contribution in [0.2, 0.25) is 0 Å². The molecule has 5 rings (SSSR count). The van der Waals surface area contributed by atoms with E-state index in [1.54, 1.807) is 37.4 Å². The Morgan fingerprint density at radius 1 is 1.07 bits per heavy atom. The summed E-state index contributed by atoms with van der Waals surface area (Å²) in [5.41, 5.74) is 1.83. The molecule has 0 aliphatic carbocycles.